The molecule has 2 aromatic rings. The van der Waals surface area contributed by atoms with Crippen molar-refractivity contribution in [1.82, 2.24) is 14.2 Å². The Morgan fingerprint density at radius 2 is 1.83 bits per heavy atom. The van der Waals surface area contributed by atoms with Crippen molar-refractivity contribution < 1.29 is 22.7 Å². The monoisotopic (exact) mass is 453 g/mol. The molecule has 0 atom stereocenters. The standard InChI is InChI=1S/C20H24ClN3O5S/c1-4-29-20(26)18-13(2)17(14(3)22-18)19(25)23-8-10-24(11-9-23)30(27,28)16-7-5-6-15(21)12-16/h5-7,12,22H,4,8-11H2,1-3H3. The number of nitrogens with one attached hydrogen (secondary N) is 1. The highest BCUT2D eigenvalue weighted by molar-refractivity contribution is 7.89. The molecule has 30 heavy (non-hydrogen) atoms. The van der Waals surface area contributed by atoms with Gasteiger partial charge in [0.05, 0.1) is 17.1 Å². The summed E-state index contributed by atoms with van der Waals surface area (Å²) in [7, 11) is -3.68. The van der Waals surface area contributed by atoms with E-state index in [-0.39, 0.29) is 49.3 Å². The van der Waals surface area contributed by atoms with Crippen LogP contribution in [0.4, 0.5) is 0 Å². The summed E-state index contributed by atoms with van der Waals surface area (Å²) >= 11 is 5.92. The van der Waals surface area contributed by atoms with Crippen molar-refractivity contribution in [2.45, 2.75) is 25.7 Å². The molecule has 0 bridgehead atoms. The van der Waals surface area contributed by atoms with Crippen LogP contribution in [0.3, 0.4) is 0 Å². The van der Waals surface area contributed by atoms with E-state index in [4.69, 9.17) is 16.3 Å². The van der Waals surface area contributed by atoms with Gasteiger partial charge in [0.2, 0.25) is 10.0 Å². The van der Waals surface area contributed by atoms with E-state index < -0.39 is 16.0 Å². The number of carbonyl (C=O) groups excluding carboxylic acids is 2. The van der Waals surface area contributed by atoms with E-state index in [1.807, 2.05) is 0 Å². The lowest BCUT2D eigenvalue weighted by Crippen LogP contribution is -2.50. The minimum absolute atomic E-state index is 0.131. The Bertz CT molecular complexity index is 1070. The van der Waals surface area contributed by atoms with Crippen LogP contribution in [0.2, 0.25) is 5.02 Å². The molecule has 1 amide bonds. The quantitative estimate of drug-likeness (QED) is 0.701. The maximum absolute atomic E-state index is 13.1. The van der Waals surface area contributed by atoms with Gasteiger partial charge in [0, 0.05) is 36.9 Å². The van der Waals surface area contributed by atoms with Gasteiger partial charge in [-0.1, -0.05) is 17.7 Å². The second-order valence-corrected chi connectivity index (χ2v) is 9.37. The number of aryl methyl sites for hydroxylation is 1. The number of H-pyrrole nitrogens is 1. The molecule has 1 aromatic carbocycles. The number of rotatable bonds is 5. The van der Waals surface area contributed by atoms with Crippen LogP contribution in [0.25, 0.3) is 0 Å². The van der Waals surface area contributed by atoms with Crippen LogP contribution >= 0.6 is 11.6 Å². The van der Waals surface area contributed by atoms with E-state index in [0.717, 1.165) is 0 Å². The number of nitrogens with zero attached hydrogens (tertiary/aromatic N) is 2. The fourth-order valence-electron chi connectivity index (χ4n) is 3.54. The van der Waals surface area contributed by atoms with Gasteiger partial charge in [-0.25, -0.2) is 13.2 Å². The van der Waals surface area contributed by atoms with Gasteiger partial charge in [-0.15, -0.1) is 0 Å². The van der Waals surface area contributed by atoms with Crippen LogP contribution in [-0.4, -0.2) is 67.3 Å². The highest BCUT2D eigenvalue weighted by atomic mass is 35.5. The van der Waals surface area contributed by atoms with Crippen LogP contribution in [0.1, 0.15) is 39.0 Å². The molecule has 1 fully saturated rings. The molecule has 1 aromatic heterocycles. The van der Waals surface area contributed by atoms with E-state index >= 15 is 0 Å². The number of esters is 1. The van der Waals surface area contributed by atoms with Crippen molar-refractivity contribution >= 4 is 33.5 Å². The minimum Gasteiger partial charge on any atom is -0.461 e. The Morgan fingerprint density at radius 1 is 1.17 bits per heavy atom. The number of sulfonamides is 1. The van der Waals surface area contributed by atoms with Crippen molar-refractivity contribution in [3.8, 4) is 0 Å². The smallest absolute Gasteiger partial charge is 0.355 e. The molecule has 2 heterocycles. The molecule has 0 saturated carbocycles. The van der Waals surface area contributed by atoms with Crippen molar-refractivity contribution in [2.75, 3.05) is 32.8 Å². The zero-order valence-corrected chi connectivity index (χ0v) is 18.6. The molecule has 0 unspecified atom stereocenters. The summed E-state index contributed by atoms with van der Waals surface area (Å²) in [5, 5.41) is 0.348. The zero-order chi connectivity index (χ0) is 22.1. The van der Waals surface area contributed by atoms with Gasteiger partial charge in [0.1, 0.15) is 5.69 Å². The minimum atomic E-state index is -3.68. The number of hydrogen-bond acceptors (Lipinski definition) is 5. The molecule has 1 N–H and O–H groups in total. The predicted octanol–water partition coefficient (Wildman–Crippen LogP) is 2.61. The molecule has 162 valence electrons. The van der Waals surface area contributed by atoms with Crippen LogP contribution < -0.4 is 0 Å². The normalized spacial score (nSPS) is 15.3. The van der Waals surface area contributed by atoms with Crippen LogP contribution in [0.15, 0.2) is 29.2 Å². The summed E-state index contributed by atoms with van der Waals surface area (Å²) in [6.45, 7) is 6.22. The fourth-order valence-corrected chi connectivity index (χ4v) is 5.27. The summed E-state index contributed by atoms with van der Waals surface area (Å²) in [6, 6.07) is 6.12. The molecular weight excluding hydrogens is 430 g/mol. The number of aromatic amines is 1. The second-order valence-electron chi connectivity index (χ2n) is 7.00. The molecule has 8 nitrogen and oxygen atoms in total. The first-order valence-corrected chi connectivity index (χ1v) is 11.4. The Labute approximate surface area is 180 Å². The van der Waals surface area contributed by atoms with Crippen molar-refractivity contribution in [2.24, 2.45) is 0 Å². The van der Waals surface area contributed by atoms with Gasteiger partial charge in [0.15, 0.2) is 0 Å². The van der Waals surface area contributed by atoms with Gasteiger partial charge in [-0.3, -0.25) is 4.79 Å². The molecular formula is C20H24ClN3O5S. The summed E-state index contributed by atoms with van der Waals surface area (Å²) in [5.41, 5.74) is 1.79. The van der Waals surface area contributed by atoms with Gasteiger partial charge < -0.3 is 14.6 Å². The van der Waals surface area contributed by atoms with Crippen LogP contribution in [0.5, 0.6) is 0 Å². The predicted molar refractivity (Wildman–Crippen MR) is 112 cm³/mol. The Hall–Kier alpha value is -2.36. The number of carbonyl (C=O) groups is 2. The maximum Gasteiger partial charge on any atom is 0.355 e. The SMILES string of the molecule is CCOC(=O)c1[nH]c(C)c(C(=O)N2CCN(S(=O)(=O)c3cccc(Cl)c3)CC2)c1C. The molecule has 1 saturated heterocycles. The molecule has 0 radical (unpaired) electrons. The van der Waals surface area contributed by atoms with E-state index in [0.29, 0.717) is 21.8 Å². The number of hydrogen-bond donors (Lipinski definition) is 1. The second kappa shape index (κ2) is 8.79. The first-order valence-electron chi connectivity index (χ1n) is 9.58. The molecule has 10 heteroatoms. The first kappa shape index (κ1) is 22.3. The zero-order valence-electron chi connectivity index (χ0n) is 17.1. The molecule has 1 aliphatic heterocycles. The van der Waals surface area contributed by atoms with Crippen molar-refractivity contribution in [1.29, 1.82) is 0 Å². The number of piperazine rings is 1. The van der Waals surface area contributed by atoms with E-state index in [9.17, 15) is 18.0 Å². The van der Waals surface area contributed by atoms with Crippen molar-refractivity contribution in [3.05, 3.63) is 51.8 Å². The van der Waals surface area contributed by atoms with Gasteiger partial charge in [0.25, 0.3) is 5.91 Å². The highest BCUT2D eigenvalue weighted by Crippen LogP contribution is 2.24. The van der Waals surface area contributed by atoms with Gasteiger partial charge in [-0.2, -0.15) is 4.31 Å². The van der Waals surface area contributed by atoms with E-state index in [1.54, 1.807) is 37.8 Å². The number of halogens is 1. The lowest BCUT2D eigenvalue weighted by atomic mass is 10.1. The molecule has 1 aliphatic rings. The lowest BCUT2D eigenvalue weighted by molar-refractivity contribution is 0.0519. The average molecular weight is 454 g/mol. The highest BCUT2D eigenvalue weighted by Gasteiger charge is 2.32. The maximum atomic E-state index is 13.1. The molecule has 0 spiro atoms. The molecule has 3 rings (SSSR count). The Balaban J connectivity index is 1.74. The van der Waals surface area contributed by atoms with Crippen LogP contribution in [0, 0.1) is 13.8 Å². The van der Waals surface area contributed by atoms with Crippen LogP contribution in [-0.2, 0) is 14.8 Å². The average Bonchev–Trinajstić information content (AvgIpc) is 3.02. The third-order valence-electron chi connectivity index (χ3n) is 5.09. The summed E-state index contributed by atoms with van der Waals surface area (Å²) < 4.78 is 32.1. The van der Waals surface area contributed by atoms with E-state index in [2.05, 4.69) is 4.98 Å². The lowest BCUT2D eigenvalue weighted by Gasteiger charge is -2.34. The number of aromatic nitrogens is 1. The molecule has 0 aliphatic carbocycles. The fraction of sp³-hybridized carbons (Fsp3) is 0.400. The number of ether oxygens (including phenoxy) is 1. The largest absolute Gasteiger partial charge is 0.461 e. The Kier molecular flexibility index (Phi) is 6.54. The topological polar surface area (TPSA) is 99.8 Å². The summed E-state index contributed by atoms with van der Waals surface area (Å²) in [6.07, 6.45) is 0. The van der Waals surface area contributed by atoms with Crippen molar-refractivity contribution in [3.63, 3.8) is 0 Å². The van der Waals surface area contributed by atoms with E-state index in [1.165, 1.54) is 16.4 Å². The third kappa shape index (κ3) is 4.23. The first-order chi connectivity index (χ1) is 14.2. The number of amides is 1. The summed E-state index contributed by atoms with van der Waals surface area (Å²) in [5.74, 6) is -0.744. The number of benzene rings is 1. The Morgan fingerprint density at radius 3 is 2.43 bits per heavy atom. The van der Waals surface area contributed by atoms with Gasteiger partial charge >= 0.3 is 5.97 Å². The van der Waals surface area contributed by atoms with Gasteiger partial charge in [-0.05, 0) is 44.5 Å². The third-order valence-corrected chi connectivity index (χ3v) is 7.22. The summed E-state index contributed by atoms with van der Waals surface area (Å²) in [4.78, 5) is 29.8.